The molecule has 0 N–H and O–H groups in total. The molecule has 1 aromatic carbocycles. The molecule has 2 heterocycles. The first kappa shape index (κ1) is 23.2. The summed E-state index contributed by atoms with van der Waals surface area (Å²) in [5.41, 5.74) is -1.28. The van der Waals surface area contributed by atoms with Crippen LogP contribution in [0.15, 0.2) is 23.1 Å². The van der Waals surface area contributed by atoms with Gasteiger partial charge in [0, 0.05) is 13.1 Å². The second kappa shape index (κ2) is 8.97. The molecule has 0 bridgehead atoms. The minimum atomic E-state index is -4.67. The lowest BCUT2D eigenvalue weighted by atomic mass is 10.2. The van der Waals surface area contributed by atoms with E-state index in [-0.39, 0.29) is 34.4 Å². The van der Waals surface area contributed by atoms with Crippen LogP contribution in [0.2, 0.25) is 0 Å². The summed E-state index contributed by atoms with van der Waals surface area (Å²) in [5.74, 6) is -1.08. The highest BCUT2D eigenvalue weighted by Gasteiger charge is 2.41. The maximum Gasteiger partial charge on any atom is 0.335 e. The Balaban J connectivity index is 2.24. The number of anilines is 1. The fraction of sp³-hybridized carbons (Fsp3) is 0.389. The van der Waals surface area contributed by atoms with Crippen molar-refractivity contribution in [2.45, 2.75) is 30.1 Å². The van der Waals surface area contributed by atoms with Crippen molar-refractivity contribution in [3.8, 4) is 6.07 Å². The van der Waals surface area contributed by atoms with Crippen LogP contribution in [0, 0.1) is 37.8 Å². The molecule has 13 heteroatoms. The van der Waals surface area contributed by atoms with Gasteiger partial charge >= 0.3 is 5.69 Å². The maximum absolute atomic E-state index is 14.6. The van der Waals surface area contributed by atoms with Crippen LogP contribution < -0.4 is 4.90 Å². The number of nitro groups is 1. The Bertz CT molecular complexity index is 1190. The molecule has 1 saturated heterocycles. The topological polar surface area (TPSA) is 139 Å². The molecule has 31 heavy (non-hydrogen) atoms. The molecule has 0 aliphatic carbocycles. The number of nitrogens with zero attached hydrogens (tertiary/aromatic N) is 5. The van der Waals surface area contributed by atoms with Gasteiger partial charge in [-0.2, -0.15) is 5.26 Å². The van der Waals surface area contributed by atoms with Gasteiger partial charge in [0.2, 0.25) is 20.9 Å². The highest BCUT2D eigenvalue weighted by atomic mass is 127. The number of rotatable bonds is 5. The fourth-order valence-electron chi connectivity index (χ4n) is 3.27. The molecule has 164 valence electrons. The number of aromatic nitrogens is 2. The van der Waals surface area contributed by atoms with Gasteiger partial charge in [-0.1, -0.05) is 6.07 Å². The summed E-state index contributed by atoms with van der Waals surface area (Å²) in [6.07, 6.45) is -0.233. The zero-order valence-corrected chi connectivity index (χ0v) is 19.4. The Labute approximate surface area is 191 Å². The first-order valence-electron chi connectivity index (χ1n) is 9.05. The van der Waals surface area contributed by atoms with E-state index >= 15 is 0 Å². The minimum Gasteiger partial charge on any atom is -0.375 e. The number of benzene rings is 1. The highest BCUT2D eigenvalue weighted by molar-refractivity contribution is 14.1. The molecule has 0 amide bonds. The lowest BCUT2D eigenvalue weighted by molar-refractivity contribution is -0.385. The van der Waals surface area contributed by atoms with E-state index in [1.165, 1.54) is 19.1 Å². The molecular weight excluding hydrogens is 544 g/mol. The van der Waals surface area contributed by atoms with E-state index in [4.69, 9.17) is 4.74 Å². The molecular formula is C18H17FIN5O5S. The zero-order chi connectivity index (χ0) is 22.9. The van der Waals surface area contributed by atoms with Gasteiger partial charge in [-0.25, -0.2) is 22.8 Å². The molecule has 2 atom stereocenters. The molecule has 0 saturated carbocycles. The molecule has 0 spiro atoms. The Morgan fingerprint density at radius 1 is 1.45 bits per heavy atom. The number of hydrogen-bond acceptors (Lipinski definition) is 9. The summed E-state index contributed by atoms with van der Waals surface area (Å²) in [6, 6.07) is 5.28. The highest BCUT2D eigenvalue weighted by Crippen LogP contribution is 2.39. The Morgan fingerprint density at radius 3 is 2.77 bits per heavy atom. The van der Waals surface area contributed by atoms with Crippen molar-refractivity contribution < 1.29 is 22.5 Å². The van der Waals surface area contributed by atoms with Crippen molar-refractivity contribution in [1.82, 2.24) is 9.97 Å². The quantitative estimate of drug-likeness (QED) is 0.306. The largest absolute Gasteiger partial charge is 0.375 e. The molecule has 2 aromatic rings. The van der Waals surface area contributed by atoms with E-state index in [9.17, 15) is 28.2 Å². The van der Waals surface area contributed by atoms with Gasteiger partial charge in [0.05, 0.1) is 27.3 Å². The van der Waals surface area contributed by atoms with Gasteiger partial charge in [-0.3, -0.25) is 10.1 Å². The lowest BCUT2D eigenvalue weighted by Crippen LogP contribution is -2.42. The average Bonchev–Trinajstić information content (AvgIpc) is 2.69. The molecule has 3 rings (SSSR count). The van der Waals surface area contributed by atoms with Crippen LogP contribution in [-0.2, 0) is 14.6 Å². The van der Waals surface area contributed by atoms with Crippen LogP contribution >= 0.6 is 22.6 Å². The fourth-order valence-corrected chi connectivity index (χ4v) is 5.43. The Hall–Kier alpha value is -2.44. The van der Waals surface area contributed by atoms with Gasteiger partial charge in [0.1, 0.15) is 10.7 Å². The summed E-state index contributed by atoms with van der Waals surface area (Å²) < 4.78 is 46.4. The van der Waals surface area contributed by atoms with Crippen LogP contribution in [0.1, 0.15) is 23.7 Å². The average molecular weight is 561 g/mol. The number of ether oxygens (including phenoxy) is 1. The molecule has 10 nitrogen and oxygen atoms in total. The summed E-state index contributed by atoms with van der Waals surface area (Å²) in [5, 5.41) is 19.6. The summed E-state index contributed by atoms with van der Waals surface area (Å²) in [6.45, 7) is 4.09. The lowest BCUT2D eigenvalue weighted by Gasteiger charge is -2.32. The number of nitriles is 1. The Kier molecular flexibility index (Phi) is 6.72. The van der Waals surface area contributed by atoms with E-state index < -0.39 is 42.1 Å². The maximum atomic E-state index is 14.6. The van der Waals surface area contributed by atoms with Crippen molar-refractivity contribution in [1.29, 1.82) is 5.26 Å². The molecule has 1 aliphatic heterocycles. The van der Waals surface area contributed by atoms with Crippen LogP contribution in [0.3, 0.4) is 0 Å². The zero-order valence-electron chi connectivity index (χ0n) is 16.4. The molecule has 0 radical (unpaired) electrons. The smallest absolute Gasteiger partial charge is 0.335 e. The van der Waals surface area contributed by atoms with Gasteiger partial charge in [-0.15, -0.1) is 0 Å². The first-order chi connectivity index (χ1) is 14.6. The van der Waals surface area contributed by atoms with E-state index in [2.05, 4.69) is 9.97 Å². The van der Waals surface area contributed by atoms with E-state index in [0.29, 0.717) is 6.61 Å². The van der Waals surface area contributed by atoms with Crippen LogP contribution in [0.5, 0.6) is 0 Å². The summed E-state index contributed by atoms with van der Waals surface area (Å²) >= 11 is 1.62. The number of halogens is 2. The molecule has 2 unspecified atom stereocenters. The summed E-state index contributed by atoms with van der Waals surface area (Å²) in [4.78, 5) is 20.1. The van der Waals surface area contributed by atoms with Crippen LogP contribution in [0.4, 0.5) is 15.9 Å². The predicted octanol–water partition coefficient (Wildman–Crippen LogP) is 2.70. The van der Waals surface area contributed by atoms with Crippen LogP contribution in [-0.4, -0.2) is 49.1 Å². The normalized spacial score (nSPS) is 17.8. The van der Waals surface area contributed by atoms with Gasteiger partial charge in [-0.05, 0) is 48.6 Å². The van der Waals surface area contributed by atoms with Crippen LogP contribution in [0.25, 0.3) is 0 Å². The second-order valence-electron chi connectivity index (χ2n) is 6.82. The molecule has 1 fully saturated rings. The third-order valence-electron chi connectivity index (χ3n) is 4.63. The monoisotopic (exact) mass is 561 g/mol. The van der Waals surface area contributed by atoms with Gasteiger partial charge in [0.15, 0.2) is 11.5 Å². The number of sulfone groups is 1. The van der Waals surface area contributed by atoms with E-state index in [1.54, 1.807) is 40.5 Å². The second-order valence-corrected chi connectivity index (χ2v) is 9.98. The minimum absolute atomic E-state index is 0.0340. The van der Waals surface area contributed by atoms with E-state index in [1.807, 2.05) is 0 Å². The van der Waals surface area contributed by atoms with Gasteiger partial charge < -0.3 is 9.64 Å². The third kappa shape index (κ3) is 4.46. The van der Waals surface area contributed by atoms with Crippen molar-refractivity contribution >= 4 is 43.9 Å². The van der Waals surface area contributed by atoms with Crippen molar-refractivity contribution in [3.63, 3.8) is 0 Å². The predicted molar refractivity (Wildman–Crippen MR) is 116 cm³/mol. The van der Waals surface area contributed by atoms with Crippen molar-refractivity contribution in [2.75, 3.05) is 24.6 Å². The van der Waals surface area contributed by atoms with E-state index in [0.717, 1.165) is 6.07 Å². The third-order valence-corrected chi connectivity index (χ3v) is 7.34. The number of hydrogen-bond donors (Lipinski definition) is 0. The number of aryl methyl sites for hydroxylation is 1. The standard InChI is InChI=1S/C18H17FIN5O5S/c1-10-9-24(6-7-30-10)18-17(25(26)27)16(22-11(2)23-18)14(8-21)31(28,29)13-5-3-4-12(20)15(13)19/h3-5,10,14H,6-7,9H2,1-2H3. The first-order valence-corrected chi connectivity index (χ1v) is 11.7. The Morgan fingerprint density at radius 2 is 2.16 bits per heavy atom. The molecule has 1 aromatic heterocycles. The molecule has 1 aliphatic rings. The van der Waals surface area contributed by atoms with Gasteiger partial charge in [0.25, 0.3) is 0 Å². The van der Waals surface area contributed by atoms with Crippen molar-refractivity contribution in [3.05, 3.63) is 49.2 Å². The SMILES string of the molecule is Cc1nc(C(C#N)S(=O)(=O)c2cccc(I)c2F)c([N+](=O)[O-])c(N2CCOC(C)C2)n1. The van der Waals surface area contributed by atoms with Crippen molar-refractivity contribution in [2.24, 2.45) is 0 Å². The summed E-state index contributed by atoms with van der Waals surface area (Å²) in [7, 11) is -4.67. The number of morpholine rings is 1.